The second kappa shape index (κ2) is 1.86. The number of thioether (sulfide) groups is 1. The van der Waals surface area contributed by atoms with Crippen LogP contribution < -0.4 is 0 Å². The van der Waals surface area contributed by atoms with Crippen LogP contribution in [0.1, 0.15) is 6.92 Å². The summed E-state index contributed by atoms with van der Waals surface area (Å²) in [7, 11) is 0. The molecule has 3 aliphatic rings. The molecule has 11 heavy (non-hydrogen) atoms. The molecular formula is C9H13NS. The Labute approximate surface area is 71.8 Å². The fraction of sp³-hybridized carbons (Fsp3) is 0.778. The largest absolute Gasteiger partial charge is 0.287 e. The minimum Gasteiger partial charge on any atom is -0.287 e. The van der Waals surface area contributed by atoms with Crippen molar-refractivity contribution in [2.45, 2.75) is 18.5 Å². The van der Waals surface area contributed by atoms with E-state index in [1.165, 1.54) is 18.1 Å². The molecule has 0 N–H and O–H groups in total. The van der Waals surface area contributed by atoms with Gasteiger partial charge in [0.05, 0.1) is 5.54 Å². The van der Waals surface area contributed by atoms with E-state index in [4.69, 9.17) is 0 Å². The average Bonchev–Trinajstić information content (AvgIpc) is 2.57. The molecule has 2 saturated heterocycles. The molecule has 0 saturated carbocycles. The number of rotatable bonds is 0. The molecule has 0 amide bonds. The Balaban J connectivity index is 1.99. The third-order valence-corrected chi connectivity index (χ3v) is 4.66. The highest BCUT2D eigenvalue weighted by Crippen LogP contribution is 2.52. The normalized spacial score (nSPS) is 58.8. The van der Waals surface area contributed by atoms with Gasteiger partial charge >= 0.3 is 0 Å². The molecule has 3 heterocycles. The van der Waals surface area contributed by atoms with E-state index >= 15 is 0 Å². The minimum absolute atomic E-state index is 0.638. The van der Waals surface area contributed by atoms with Gasteiger partial charge in [0.2, 0.25) is 0 Å². The second-order valence-corrected chi connectivity index (χ2v) is 5.01. The third kappa shape index (κ3) is 0.676. The van der Waals surface area contributed by atoms with Crippen molar-refractivity contribution in [1.82, 2.24) is 4.90 Å². The zero-order valence-electron chi connectivity index (χ0n) is 6.79. The Morgan fingerprint density at radius 2 is 2.45 bits per heavy atom. The zero-order valence-corrected chi connectivity index (χ0v) is 7.60. The maximum atomic E-state index is 2.65. The highest BCUT2D eigenvalue weighted by Gasteiger charge is 2.61. The fourth-order valence-electron chi connectivity index (χ4n) is 2.53. The Morgan fingerprint density at radius 3 is 3.36 bits per heavy atom. The lowest BCUT2D eigenvalue weighted by atomic mass is 9.92. The van der Waals surface area contributed by atoms with Gasteiger partial charge in [0, 0.05) is 30.0 Å². The monoisotopic (exact) mass is 167 g/mol. The molecule has 60 valence electrons. The Morgan fingerprint density at radius 1 is 1.55 bits per heavy atom. The molecular weight excluding hydrogens is 154 g/mol. The van der Waals surface area contributed by atoms with E-state index in [-0.39, 0.29) is 0 Å². The van der Waals surface area contributed by atoms with Gasteiger partial charge in [-0.2, -0.15) is 11.8 Å². The van der Waals surface area contributed by atoms with Gasteiger partial charge in [0.15, 0.2) is 0 Å². The van der Waals surface area contributed by atoms with Gasteiger partial charge < -0.3 is 0 Å². The number of hydrogen-bond donors (Lipinski definition) is 0. The van der Waals surface area contributed by atoms with Crippen LogP contribution in [0.3, 0.4) is 0 Å². The first-order valence-corrected chi connectivity index (χ1v) is 5.51. The molecule has 0 aromatic carbocycles. The van der Waals surface area contributed by atoms with Crippen molar-refractivity contribution in [3.63, 3.8) is 0 Å². The van der Waals surface area contributed by atoms with Gasteiger partial charge in [-0.25, -0.2) is 0 Å². The highest BCUT2D eigenvalue weighted by atomic mass is 32.2. The molecule has 2 fully saturated rings. The second-order valence-electron chi connectivity index (χ2n) is 3.98. The van der Waals surface area contributed by atoms with Crippen LogP contribution in [0.25, 0.3) is 0 Å². The lowest BCUT2D eigenvalue weighted by Crippen LogP contribution is -2.33. The highest BCUT2D eigenvalue weighted by molar-refractivity contribution is 7.99. The van der Waals surface area contributed by atoms with Crippen molar-refractivity contribution >= 4 is 11.8 Å². The first-order chi connectivity index (χ1) is 5.33. The summed E-state index contributed by atoms with van der Waals surface area (Å²) in [6.45, 7) is 3.67. The molecule has 1 nitrogen and oxygen atoms in total. The molecule has 1 unspecified atom stereocenters. The lowest BCUT2D eigenvalue weighted by Gasteiger charge is -2.24. The molecule has 0 radical (unpaired) electrons. The fourth-order valence-corrected chi connectivity index (χ4v) is 4.14. The van der Waals surface area contributed by atoms with E-state index in [0.717, 1.165) is 5.92 Å². The van der Waals surface area contributed by atoms with Gasteiger partial charge in [0.25, 0.3) is 0 Å². The van der Waals surface area contributed by atoms with E-state index in [1.807, 2.05) is 0 Å². The minimum atomic E-state index is 0.638. The molecule has 1 spiro atoms. The third-order valence-electron chi connectivity index (χ3n) is 3.37. The van der Waals surface area contributed by atoms with Crippen LogP contribution in [0.15, 0.2) is 12.2 Å². The molecule has 0 aromatic rings. The van der Waals surface area contributed by atoms with Crippen LogP contribution in [0, 0.1) is 5.92 Å². The van der Waals surface area contributed by atoms with Crippen molar-refractivity contribution in [3.05, 3.63) is 12.2 Å². The Hall–Kier alpha value is 0.0500. The van der Waals surface area contributed by atoms with Crippen molar-refractivity contribution < 1.29 is 0 Å². The smallest absolute Gasteiger partial charge is 0.0503 e. The van der Waals surface area contributed by atoms with Gasteiger partial charge in [-0.1, -0.05) is 12.2 Å². The molecule has 4 atom stereocenters. The summed E-state index contributed by atoms with van der Waals surface area (Å²) < 4.78 is 0. The van der Waals surface area contributed by atoms with Gasteiger partial charge in [-0.15, -0.1) is 0 Å². The van der Waals surface area contributed by atoms with E-state index in [1.54, 1.807) is 0 Å². The zero-order chi connectivity index (χ0) is 7.47. The quantitative estimate of drug-likeness (QED) is 0.396. The van der Waals surface area contributed by atoms with E-state index in [9.17, 15) is 0 Å². The van der Waals surface area contributed by atoms with Crippen LogP contribution >= 0.6 is 11.8 Å². The number of nitrogens with zero attached hydrogens (tertiary/aromatic N) is 1. The summed E-state index contributed by atoms with van der Waals surface area (Å²) in [4.78, 5) is 2.65. The molecule has 3 aliphatic heterocycles. The van der Waals surface area contributed by atoms with Crippen molar-refractivity contribution in [2.75, 3.05) is 18.1 Å². The van der Waals surface area contributed by atoms with Crippen LogP contribution in [0.4, 0.5) is 0 Å². The molecule has 0 bridgehead atoms. The van der Waals surface area contributed by atoms with Crippen molar-refractivity contribution in [2.24, 2.45) is 5.92 Å². The van der Waals surface area contributed by atoms with Crippen molar-refractivity contribution in [3.8, 4) is 0 Å². The summed E-state index contributed by atoms with van der Waals surface area (Å²) in [5.41, 5.74) is 0.638. The topological polar surface area (TPSA) is 3.01 Å². The standard InChI is InChI=1S/C9H13NS/c1-7-2-3-8-4-11-6-9(8)5-10(7)9/h2-3,7-8H,4-6H2,1H3/t7-,8-,9-,10?/m1/s1. The first kappa shape index (κ1) is 6.55. The van der Waals surface area contributed by atoms with Gasteiger partial charge in [-0.3, -0.25) is 4.90 Å². The van der Waals surface area contributed by atoms with Crippen molar-refractivity contribution in [1.29, 1.82) is 0 Å². The maximum absolute atomic E-state index is 2.65. The predicted octanol–water partition coefficient (Wildman–Crippen LogP) is 1.36. The lowest BCUT2D eigenvalue weighted by molar-refractivity contribution is 0.336. The molecule has 0 aromatic heterocycles. The van der Waals surface area contributed by atoms with Crippen LogP contribution in [-0.4, -0.2) is 34.5 Å². The summed E-state index contributed by atoms with van der Waals surface area (Å²) in [6, 6.07) is 0.713. The van der Waals surface area contributed by atoms with Gasteiger partial charge in [0.1, 0.15) is 0 Å². The maximum Gasteiger partial charge on any atom is 0.0503 e. The summed E-state index contributed by atoms with van der Waals surface area (Å²) in [5, 5.41) is 0. The summed E-state index contributed by atoms with van der Waals surface area (Å²) >= 11 is 2.13. The summed E-state index contributed by atoms with van der Waals surface area (Å²) in [5.74, 6) is 3.62. The van der Waals surface area contributed by atoms with E-state index in [0.29, 0.717) is 11.6 Å². The molecule has 0 aliphatic carbocycles. The van der Waals surface area contributed by atoms with E-state index in [2.05, 4.69) is 35.7 Å². The Kier molecular flexibility index (Phi) is 1.11. The van der Waals surface area contributed by atoms with Crippen LogP contribution in [0.5, 0.6) is 0 Å². The number of hydrogen-bond acceptors (Lipinski definition) is 2. The van der Waals surface area contributed by atoms with Crippen LogP contribution in [-0.2, 0) is 0 Å². The van der Waals surface area contributed by atoms with Crippen LogP contribution in [0.2, 0.25) is 0 Å². The Bertz CT molecular complexity index is 226. The summed E-state index contributed by atoms with van der Waals surface area (Å²) in [6.07, 6.45) is 4.83. The predicted molar refractivity (Wildman–Crippen MR) is 48.9 cm³/mol. The average molecular weight is 167 g/mol. The van der Waals surface area contributed by atoms with Gasteiger partial charge in [-0.05, 0) is 6.92 Å². The molecule has 2 heteroatoms. The van der Waals surface area contributed by atoms with E-state index < -0.39 is 0 Å². The first-order valence-electron chi connectivity index (χ1n) is 4.36. The molecule has 3 rings (SSSR count). The SMILES string of the molecule is C[C@@H]1C=C[C@@H]2CSC[C@]23CN13.